The van der Waals surface area contributed by atoms with Gasteiger partial charge in [-0.3, -0.25) is 9.59 Å². The van der Waals surface area contributed by atoms with Crippen LogP contribution in [0.15, 0.2) is 0 Å². The Morgan fingerprint density at radius 2 is 1.71 bits per heavy atom. The van der Waals surface area contributed by atoms with Crippen LogP contribution in [-0.2, 0) is 9.59 Å². The lowest BCUT2D eigenvalue weighted by Crippen LogP contribution is -2.52. The van der Waals surface area contributed by atoms with Crippen LogP contribution in [0.2, 0.25) is 0 Å². The second-order valence-corrected chi connectivity index (χ2v) is 3.29. The summed E-state index contributed by atoms with van der Waals surface area (Å²) < 4.78 is 0. The Hall–Kier alpha value is -1.06. The molecule has 4 heteroatoms. The van der Waals surface area contributed by atoms with E-state index in [0.717, 1.165) is 6.42 Å². The summed E-state index contributed by atoms with van der Waals surface area (Å²) in [6.07, 6.45) is 1.19. The van der Waals surface area contributed by atoms with E-state index in [4.69, 9.17) is 5.73 Å². The van der Waals surface area contributed by atoms with Crippen LogP contribution in [-0.4, -0.2) is 17.4 Å². The van der Waals surface area contributed by atoms with Gasteiger partial charge in [-0.05, 0) is 20.3 Å². The standard InChI is InChI=1S/C8H16N2O2.C2H6/c1-4-5-6(11)10-8(2,3)7(9)12;1-2/h4-5H2,1-3H3,(H2,9,12)(H,10,11);1-2H3. The Labute approximate surface area is 86.2 Å². The summed E-state index contributed by atoms with van der Waals surface area (Å²) in [6.45, 7) is 9.07. The Morgan fingerprint density at radius 1 is 1.29 bits per heavy atom. The molecule has 0 aromatic carbocycles. The number of nitrogens with one attached hydrogen (secondary N) is 1. The number of rotatable bonds is 4. The zero-order valence-corrected chi connectivity index (χ0v) is 9.81. The number of hydrogen-bond donors (Lipinski definition) is 2. The van der Waals surface area contributed by atoms with Gasteiger partial charge < -0.3 is 11.1 Å². The summed E-state index contributed by atoms with van der Waals surface area (Å²) in [5.41, 5.74) is 4.12. The smallest absolute Gasteiger partial charge is 0.242 e. The summed E-state index contributed by atoms with van der Waals surface area (Å²) in [7, 11) is 0. The van der Waals surface area contributed by atoms with E-state index in [2.05, 4.69) is 5.32 Å². The van der Waals surface area contributed by atoms with Crippen LogP contribution < -0.4 is 11.1 Å². The Morgan fingerprint density at radius 3 is 2.00 bits per heavy atom. The molecule has 0 aliphatic rings. The van der Waals surface area contributed by atoms with Crippen molar-refractivity contribution in [1.82, 2.24) is 5.32 Å². The SMILES string of the molecule is CC.CCCC(=O)NC(C)(C)C(N)=O. The van der Waals surface area contributed by atoms with E-state index in [9.17, 15) is 9.59 Å². The molecule has 0 spiro atoms. The highest BCUT2D eigenvalue weighted by molar-refractivity contribution is 5.89. The van der Waals surface area contributed by atoms with Gasteiger partial charge in [0.05, 0.1) is 0 Å². The zero-order chi connectivity index (χ0) is 11.8. The van der Waals surface area contributed by atoms with Crippen LogP contribution >= 0.6 is 0 Å². The van der Waals surface area contributed by atoms with Crippen molar-refractivity contribution in [3.63, 3.8) is 0 Å². The molecule has 0 radical (unpaired) electrons. The maximum atomic E-state index is 11.0. The molecule has 2 amide bonds. The summed E-state index contributed by atoms with van der Waals surface area (Å²) in [5.74, 6) is -0.659. The molecule has 14 heavy (non-hydrogen) atoms. The van der Waals surface area contributed by atoms with Gasteiger partial charge in [-0.2, -0.15) is 0 Å². The van der Waals surface area contributed by atoms with Gasteiger partial charge in [-0.1, -0.05) is 20.8 Å². The lowest BCUT2D eigenvalue weighted by molar-refractivity contribution is -0.130. The maximum absolute atomic E-state index is 11.0. The Bertz CT molecular complexity index is 189. The Balaban J connectivity index is 0. The number of amides is 2. The monoisotopic (exact) mass is 202 g/mol. The lowest BCUT2D eigenvalue weighted by atomic mass is 10.0. The third-order valence-corrected chi connectivity index (χ3v) is 1.54. The molecule has 3 N–H and O–H groups in total. The second kappa shape index (κ2) is 7.35. The fourth-order valence-electron chi connectivity index (χ4n) is 0.700. The first-order valence-corrected chi connectivity index (χ1v) is 5.01. The zero-order valence-electron chi connectivity index (χ0n) is 9.81. The molecule has 0 atom stereocenters. The van der Waals surface area contributed by atoms with Crippen LogP contribution in [0, 0.1) is 0 Å². The number of hydrogen-bond acceptors (Lipinski definition) is 2. The van der Waals surface area contributed by atoms with Crippen LogP contribution in [0.1, 0.15) is 47.5 Å². The van der Waals surface area contributed by atoms with E-state index in [-0.39, 0.29) is 5.91 Å². The predicted molar refractivity (Wildman–Crippen MR) is 57.7 cm³/mol. The molecule has 0 heterocycles. The van der Waals surface area contributed by atoms with Crippen LogP contribution in [0.4, 0.5) is 0 Å². The minimum absolute atomic E-state index is 0.138. The minimum atomic E-state index is -0.938. The quantitative estimate of drug-likeness (QED) is 0.718. The van der Waals surface area contributed by atoms with E-state index in [1.807, 2.05) is 20.8 Å². The largest absolute Gasteiger partial charge is 0.368 e. The average Bonchev–Trinajstić information content (AvgIpc) is 2.07. The van der Waals surface area contributed by atoms with Crippen molar-refractivity contribution in [3.8, 4) is 0 Å². The molecule has 0 aliphatic heterocycles. The number of nitrogens with two attached hydrogens (primary N) is 1. The van der Waals surface area contributed by atoms with Crippen LogP contribution in [0.3, 0.4) is 0 Å². The molecule has 0 unspecified atom stereocenters. The first-order chi connectivity index (χ1) is 6.40. The highest BCUT2D eigenvalue weighted by Gasteiger charge is 2.25. The molecule has 0 saturated carbocycles. The topological polar surface area (TPSA) is 72.2 Å². The normalized spacial score (nSPS) is 9.79. The fraction of sp³-hybridized carbons (Fsp3) is 0.800. The summed E-state index contributed by atoms with van der Waals surface area (Å²) in [6, 6.07) is 0. The molecule has 4 nitrogen and oxygen atoms in total. The van der Waals surface area contributed by atoms with Gasteiger partial charge >= 0.3 is 0 Å². The lowest BCUT2D eigenvalue weighted by Gasteiger charge is -2.21. The van der Waals surface area contributed by atoms with E-state index in [1.165, 1.54) is 0 Å². The highest BCUT2D eigenvalue weighted by atomic mass is 16.2. The van der Waals surface area contributed by atoms with Crippen molar-refractivity contribution in [3.05, 3.63) is 0 Å². The third-order valence-electron chi connectivity index (χ3n) is 1.54. The van der Waals surface area contributed by atoms with Crippen LogP contribution in [0.5, 0.6) is 0 Å². The van der Waals surface area contributed by atoms with Gasteiger partial charge in [0.25, 0.3) is 0 Å². The van der Waals surface area contributed by atoms with Crippen molar-refractivity contribution in [2.45, 2.75) is 53.0 Å². The molecular weight excluding hydrogens is 180 g/mol. The summed E-state index contributed by atoms with van der Waals surface area (Å²) >= 11 is 0. The second-order valence-electron chi connectivity index (χ2n) is 3.29. The molecule has 0 aliphatic carbocycles. The van der Waals surface area contributed by atoms with Gasteiger partial charge in [0.2, 0.25) is 11.8 Å². The van der Waals surface area contributed by atoms with E-state index >= 15 is 0 Å². The first-order valence-electron chi connectivity index (χ1n) is 5.01. The summed E-state index contributed by atoms with van der Waals surface area (Å²) in [5, 5.41) is 2.54. The molecule has 0 aromatic rings. The van der Waals surface area contributed by atoms with Gasteiger partial charge in [-0.25, -0.2) is 0 Å². The minimum Gasteiger partial charge on any atom is -0.368 e. The van der Waals surface area contributed by atoms with Gasteiger partial charge in [-0.15, -0.1) is 0 Å². The molecule has 0 bridgehead atoms. The fourth-order valence-corrected chi connectivity index (χ4v) is 0.700. The molecule has 0 aromatic heterocycles. The van der Waals surface area contributed by atoms with Gasteiger partial charge in [0, 0.05) is 6.42 Å². The highest BCUT2D eigenvalue weighted by Crippen LogP contribution is 2.01. The average molecular weight is 202 g/mol. The summed E-state index contributed by atoms with van der Waals surface area (Å²) in [4.78, 5) is 21.8. The molecular formula is C10H22N2O2. The first kappa shape index (κ1) is 15.4. The van der Waals surface area contributed by atoms with Gasteiger partial charge in [0.1, 0.15) is 5.54 Å². The molecule has 0 saturated heterocycles. The maximum Gasteiger partial charge on any atom is 0.242 e. The van der Waals surface area contributed by atoms with Crippen molar-refractivity contribution in [2.24, 2.45) is 5.73 Å². The van der Waals surface area contributed by atoms with E-state index in [1.54, 1.807) is 13.8 Å². The molecule has 0 fully saturated rings. The third kappa shape index (κ3) is 6.46. The van der Waals surface area contributed by atoms with Crippen molar-refractivity contribution >= 4 is 11.8 Å². The number of carbonyl (C=O) groups is 2. The molecule has 0 rings (SSSR count). The van der Waals surface area contributed by atoms with Crippen molar-refractivity contribution in [1.29, 1.82) is 0 Å². The van der Waals surface area contributed by atoms with Crippen molar-refractivity contribution in [2.75, 3.05) is 0 Å². The van der Waals surface area contributed by atoms with Crippen LogP contribution in [0.25, 0.3) is 0 Å². The number of carbonyl (C=O) groups excluding carboxylic acids is 2. The van der Waals surface area contributed by atoms with E-state index in [0.29, 0.717) is 6.42 Å². The van der Waals surface area contributed by atoms with E-state index < -0.39 is 11.4 Å². The Kier molecular flexibility index (Phi) is 8.10. The predicted octanol–water partition coefficient (Wildman–Crippen LogP) is 1.19. The van der Waals surface area contributed by atoms with Gasteiger partial charge in [0.15, 0.2) is 0 Å². The number of primary amides is 1. The molecule has 84 valence electrons. The van der Waals surface area contributed by atoms with Crippen molar-refractivity contribution < 1.29 is 9.59 Å².